The Morgan fingerprint density at radius 2 is 1.78 bits per heavy atom. The fourth-order valence-electron chi connectivity index (χ4n) is 3.44. The average molecular weight is 596 g/mol. The van der Waals surface area contributed by atoms with Crippen LogP contribution in [0.15, 0.2) is 35.9 Å². The molecule has 0 radical (unpaired) electrons. The van der Waals surface area contributed by atoms with Gasteiger partial charge in [-0.25, -0.2) is 0 Å². The van der Waals surface area contributed by atoms with E-state index in [0.717, 1.165) is 0 Å². The number of rotatable bonds is 24. The molecule has 0 saturated heterocycles. The highest BCUT2D eigenvalue weighted by molar-refractivity contribution is 5.23. The Kier molecular flexibility index (Phi) is 19.2. The van der Waals surface area contributed by atoms with E-state index in [1.165, 1.54) is 24.1 Å². The molecule has 1 rings (SSSR count). The Morgan fingerprint density at radius 3 is 2.34 bits per heavy atom. The van der Waals surface area contributed by atoms with Crippen LogP contribution in [-0.2, 0) is 23.7 Å². The zero-order chi connectivity index (χ0) is 30.6. The normalized spacial score (nSPS) is 19.3. The highest BCUT2D eigenvalue weighted by Gasteiger charge is 2.35. The second-order valence-electron chi connectivity index (χ2n) is 8.92. The molecule has 1 aliphatic carbocycles. The van der Waals surface area contributed by atoms with Crippen LogP contribution in [-0.4, -0.2) is 126 Å². The fourth-order valence-corrected chi connectivity index (χ4v) is 3.44. The van der Waals surface area contributed by atoms with Gasteiger partial charge < -0.3 is 60.0 Å². The Labute approximate surface area is 238 Å². The summed E-state index contributed by atoms with van der Waals surface area (Å²) in [5, 5.41) is 62.2. The Balaban J connectivity index is 2.57. The maximum Gasteiger partial charge on any atom is 0.288 e. The second kappa shape index (κ2) is 21.4. The largest absolute Gasteiger partial charge is 0.455 e. The third-order valence-corrected chi connectivity index (χ3v) is 5.70. The molecule has 3 unspecified atom stereocenters. The number of hydrogen-bond donors (Lipinski definition) is 8. The standard InChI is InChI=1S/C24H45N5O12/c1-17(31)23(34)24(41-22(33)16-30)40-21-5-4-18(15-19(21)29(35)36)20(32)3-2-7-28(27-26)8-10-38-12-14-39-13-11-37-9-6-25/h2,4-5,7,17-18,20,22-24,27,30-34H,3,6,8-16,25-26H2,1H3/b7-2+/t17?,18-,20+,22?,23?,24-/m1/s1. The number of nitrogens with zero attached hydrogens (tertiary/aromatic N) is 2. The summed E-state index contributed by atoms with van der Waals surface area (Å²) in [5.74, 6) is 4.59. The summed E-state index contributed by atoms with van der Waals surface area (Å²) in [6.07, 6.45) is -1.60. The van der Waals surface area contributed by atoms with Gasteiger partial charge in [-0.05, 0) is 19.4 Å². The van der Waals surface area contributed by atoms with Crippen molar-refractivity contribution in [1.29, 1.82) is 0 Å². The smallest absolute Gasteiger partial charge is 0.288 e. The molecule has 0 bridgehead atoms. The molecule has 17 nitrogen and oxygen atoms in total. The molecule has 6 atom stereocenters. The van der Waals surface area contributed by atoms with E-state index in [1.807, 2.05) is 0 Å². The van der Waals surface area contributed by atoms with Crippen molar-refractivity contribution in [2.45, 2.75) is 50.7 Å². The number of ether oxygens (including phenoxy) is 5. The lowest BCUT2D eigenvalue weighted by Gasteiger charge is -2.29. The minimum atomic E-state index is -1.76. The van der Waals surface area contributed by atoms with Gasteiger partial charge in [-0.15, -0.1) is 0 Å². The van der Waals surface area contributed by atoms with Crippen LogP contribution in [0, 0.1) is 16.0 Å². The van der Waals surface area contributed by atoms with Gasteiger partial charge in [0.05, 0.1) is 76.3 Å². The zero-order valence-corrected chi connectivity index (χ0v) is 23.2. The summed E-state index contributed by atoms with van der Waals surface area (Å²) in [6, 6.07) is 0. The first-order valence-corrected chi connectivity index (χ1v) is 13.2. The first kappa shape index (κ1) is 36.8. The number of hydrazine groups is 2. The van der Waals surface area contributed by atoms with E-state index in [1.54, 1.807) is 12.3 Å². The van der Waals surface area contributed by atoms with Crippen LogP contribution in [0.25, 0.3) is 0 Å². The van der Waals surface area contributed by atoms with Gasteiger partial charge in [0.1, 0.15) is 6.10 Å². The Bertz CT molecular complexity index is 816. The molecule has 0 aliphatic heterocycles. The lowest BCUT2D eigenvalue weighted by atomic mass is 9.90. The molecular weight excluding hydrogens is 550 g/mol. The average Bonchev–Trinajstić information content (AvgIpc) is 2.96. The Hall–Kier alpha value is -2.26. The summed E-state index contributed by atoms with van der Waals surface area (Å²) >= 11 is 0. The van der Waals surface area contributed by atoms with Crippen molar-refractivity contribution >= 4 is 0 Å². The van der Waals surface area contributed by atoms with E-state index in [2.05, 4.69) is 5.53 Å². The second-order valence-corrected chi connectivity index (χ2v) is 8.92. The van der Waals surface area contributed by atoms with E-state index >= 15 is 0 Å². The van der Waals surface area contributed by atoms with Gasteiger partial charge in [0, 0.05) is 18.7 Å². The van der Waals surface area contributed by atoms with E-state index in [0.29, 0.717) is 52.7 Å². The maximum absolute atomic E-state index is 11.7. The topological polar surface area (TPSA) is 258 Å². The highest BCUT2D eigenvalue weighted by Crippen LogP contribution is 2.30. The van der Waals surface area contributed by atoms with Gasteiger partial charge in [0.2, 0.25) is 6.29 Å². The van der Waals surface area contributed by atoms with Crippen LogP contribution in [0.1, 0.15) is 19.8 Å². The zero-order valence-electron chi connectivity index (χ0n) is 23.2. The van der Waals surface area contributed by atoms with Gasteiger partial charge in [0.25, 0.3) is 5.70 Å². The molecule has 0 amide bonds. The molecule has 17 heteroatoms. The van der Waals surface area contributed by atoms with E-state index in [4.69, 9.17) is 40.4 Å². The van der Waals surface area contributed by atoms with Crippen molar-refractivity contribution in [3.8, 4) is 0 Å². The van der Waals surface area contributed by atoms with Crippen LogP contribution in [0.2, 0.25) is 0 Å². The van der Waals surface area contributed by atoms with E-state index in [9.17, 15) is 30.5 Å². The van der Waals surface area contributed by atoms with Crippen molar-refractivity contribution in [3.05, 3.63) is 46.0 Å². The van der Waals surface area contributed by atoms with Crippen molar-refractivity contribution in [1.82, 2.24) is 10.5 Å². The summed E-state index contributed by atoms with van der Waals surface area (Å²) in [7, 11) is 0. The molecule has 0 spiro atoms. The van der Waals surface area contributed by atoms with Gasteiger partial charge in [-0.3, -0.25) is 16.0 Å². The Morgan fingerprint density at radius 1 is 1.15 bits per heavy atom. The first-order valence-electron chi connectivity index (χ1n) is 13.2. The van der Waals surface area contributed by atoms with E-state index < -0.39 is 54.0 Å². The number of nitro groups is 1. The molecule has 0 aromatic rings. The van der Waals surface area contributed by atoms with Crippen molar-refractivity contribution in [2.24, 2.45) is 17.5 Å². The molecule has 0 aromatic carbocycles. The van der Waals surface area contributed by atoms with Crippen LogP contribution in [0.4, 0.5) is 0 Å². The van der Waals surface area contributed by atoms with Crippen molar-refractivity contribution < 1.29 is 54.1 Å². The molecule has 0 saturated carbocycles. The summed E-state index contributed by atoms with van der Waals surface area (Å²) < 4.78 is 26.4. The predicted octanol–water partition coefficient (Wildman–Crippen LogP) is -2.58. The number of nitrogens with one attached hydrogen (secondary N) is 1. The third-order valence-electron chi connectivity index (χ3n) is 5.70. The number of allylic oxidation sites excluding steroid dienone is 2. The number of nitrogens with two attached hydrogens (primary N) is 2. The molecular formula is C24H45N5O12. The number of aliphatic hydroxyl groups is 5. The lowest BCUT2D eigenvalue weighted by molar-refractivity contribution is -0.433. The SMILES string of the molecule is CC(O)C(O)[C@H](OC1=C([N+](=O)[O-])C[C@H]([C@@H](O)C/C=C/N(CCOCCOCCOCCN)NN)C=C1)OC(O)CO. The van der Waals surface area contributed by atoms with Crippen LogP contribution in [0.3, 0.4) is 0 Å². The quantitative estimate of drug-likeness (QED) is 0.0187. The highest BCUT2D eigenvalue weighted by atomic mass is 16.7. The lowest BCUT2D eigenvalue weighted by Crippen LogP contribution is -2.42. The molecule has 0 aromatic heterocycles. The van der Waals surface area contributed by atoms with Gasteiger partial charge in [-0.2, -0.15) is 5.53 Å². The monoisotopic (exact) mass is 595 g/mol. The third kappa shape index (κ3) is 15.0. The fraction of sp³-hybridized carbons (Fsp3) is 0.750. The number of aliphatic hydroxyl groups excluding tert-OH is 5. The van der Waals surface area contributed by atoms with Gasteiger partial charge >= 0.3 is 0 Å². The molecule has 41 heavy (non-hydrogen) atoms. The van der Waals surface area contributed by atoms with Crippen molar-refractivity contribution in [3.63, 3.8) is 0 Å². The maximum atomic E-state index is 11.7. The minimum Gasteiger partial charge on any atom is -0.455 e. The van der Waals surface area contributed by atoms with Crippen LogP contribution >= 0.6 is 0 Å². The molecule has 238 valence electrons. The molecule has 0 fully saturated rings. The number of hydrogen-bond acceptors (Lipinski definition) is 16. The van der Waals surface area contributed by atoms with E-state index in [-0.39, 0.29) is 18.6 Å². The summed E-state index contributed by atoms with van der Waals surface area (Å²) in [6.45, 7) is 3.79. The molecule has 0 heterocycles. The van der Waals surface area contributed by atoms with Gasteiger partial charge in [-0.1, -0.05) is 12.2 Å². The van der Waals surface area contributed by atoms with Crippen molar-refractivity contribution in [2.75, 3.05) is 59.3 Å². The first-order chi connectivity index (χ1) is 19.6. The minimum absolute atomic E-state index is 0.143. The molecule has 1 aliphatic rings. The van der Waals surface area contributed by atoms with Gasteiger partial charge in [0.15, 0.2) is 12.0 Å². The summed E-state index contributed by atoms with van der Waals surface area (Å²) in [5.41, 5.74) is 7.40. The van der Waals surface area contributed by atoms with Crippen LogP contribution in [0.5, 0.6) is 0 Å². The predicted molar refractivity (Wildman–Crippen MR) is 143 cm³/mol. The summed E-state index contributed by atoms with van der Waals surface area (Å²) in [4.78, 5) is 11.0. The van der Waals surface area contributed by atoms with Crippen LogP contribution < -0.4 is 17.1 Å². The molecule has 10 N–H and O–H groups in total.